The van der Waals surface area contributed by atoms with Gasteiger partial charge in [-0.15, -0.1) is 24.2 Å². The van der Waals surface area contributed by atoms with E-state index in [1.54, 1.807) is 11.8 Å². The van der Waals surface area contributed by atoms with Crippen LogP contribution >= 0.6 is 24.2 Å². The molecule has 0 radical (unpaired) electrons. The number of rotatable bonds is 5. The molecule has 4 heteroatoms. The number of halogens is 1. The van der Waals surface area contributed by atoms with E-state index in [0.717, 1.165) is 12.1 Å². The lowest BCUT2D eigenvalue weighted by atomic mass is 10.1. The van der Waals surface area contributed by atoms with E-state index < -0.39 is 0 Å². The first-order valence-electron chi connectivity index (χ1n) is 6.69. The predicted octanol–water partition coefficient (Wildman–Crippen LogP) is 3.89. The van der Waals surface area contributed by atoms with E-state index in [0.29, 0.717) is 6.42 Å². The Balaban J connectivity index is 0.00000180. The highest BCUT2D eigenvalue weighted by Gasteiger charge is 2.12. The molecule has 2 rings (SSSR count). The summed E-state index contributed by atoms with van der Waals surface area (Å²) in [5.74, 6) is 0.272. The van der Waals surface area contributed by atoms with Crippen LogP contribution in [0.2, 0.25) is 0 Å². The zero-order chi connectivity index (χ0) is 12.8. The number of likely N-dealkylation sites (tertiary alicyclic amines) is 1. The second kappa shape index (κ2) is 8.62. The molecule has 2 nitrogen and oxygen atoms in total. The molecule has 19 heavy (non-hydrogen) atoms. The molecule has 0 atom stereocenters. The molecule has 1 saturated heterocycles. The lowest BCUT2D eigenvalue weighted by molar-refractivity contribution is 0.0958. The van der Waals surface area contributed by atoms with Gasteiger partial charge in [-0.2, -0.15) is 0 Å². The summed E-state index contributed by atoms with van der Waals surface area (Å²) in [4.78, 5) is 15.7. The molecule has 106 valence electrons. The summed E-state index contributed by atoms with van der Waals surface area (Å²) in [6, 6.07) is 7.95. The van der Waals surface area contributed by atoms with E-state index in [9.17, 15) is 4.79 Å². The van der Waals surface area contributed by atoms with Crippen LogP contribution < -0.4 is 0 Å². The molecule has 1 aromatic rings. The molecule has 0 aromatic heterocycles. The molecular weight excluding hydrogens is 278 g/mol. The molecule has 1 aliphatic rings. The van der Waals surface area contributed by atoms with Crippen molar-refractivity contribution in [2.24, 2.45) is 0 Å². The van der Waals surface area contributed by atoms with E-state index in [-0.39, 0.29) is 18.2 Å². The normalized spacial score (nSPS) is 15.8. The van der Waals surface area contributed by atoms with Gasteiger partial charge in [0.1, 0.15) is 0 Å². The van der Waals surface area contributed by atoms with Gasteiger partial charge in [-0.3, -0.25) is 4.79 Å². The lowest BCUT2D eigenvalue weighted by Crippen LogP contribution is -2.31. The van der Waals surface area contributed by atoms with Crippen molar-refractivity contribution >= 4 is 30.0 Å². The van der Waals surface area contributed by atoms with Gasteiger partial charge in [-0.25, -0.2) is 0 Å². The van der Waals surface area contributed by atoms with E-state index in [1.165, 1.54) is 37.2 Å². The van der Waals surface area contributed by atoms with Crippen LogP contribution in [0.4, 0.5) is 0 Å². The third-order valence-corrected chi connectivity index (χ3v) is 4.26. The van der Waals surface area contributed by atoms with E-state index >= 15 is 0 Å². The maximum absolute atomic E-state index is 12.1. The third kappa shape index (κ3) is 5.17. The van der Waals surface area contributed by atoms with Gasteiger partial charge in [-0.05, 0) is 44.3 Å². The summed E-state index contributed by atoms with van der Waals surface area (Å²) in [7, 11) is 0. The van der Waals surface area contributed by atoms with Crippen molar-refractivity contribution in [3.05, 3.63) is 29.8 Å². The fourth-order valence-corrected chi connectivity index (χ4v) is 2.77. The van der Waals surface area contributed by atoms with Crippen LogP contribution in [0.15, 0.2) is 29.2 Å². The minimum absolute atomic E-state index is 0. The number of carbonyl (C=O) groups excluding carboxylic acids is 1. The SMILES string of the molecule is CSc1ccc(C(=O)CCN2CCCCC2)cc1.Cl. The first-order valence-corrected chi connectivity index (χ1v) is 7.91. The molecule has 1 aliphatic heterocycles. The molecule has 1 aromatic carbocycles. The smallest absolute Gasteiger partial charge is 0.164 e. The maximum Gasteiger partial charge on any atom is 0.164 e. The van der Waals surface area contributed by atoms with Crippen molar-refractivity contribution in [1.29, 1.82) is 0 Å². The molecular formula is C15H22ClNOS. The summed E-state index contributed by atoms with van der Waals surface area (Å²) in [6.45, 7) is 3.25. The number of hydrogen-bond acceptors (Lipinski definition) is 3. The summed E-state index contributed by atoms with van der Waals surface area (Å²) >= 11 is 1.71. The summed E-state index contributed by atoms with van der Waals surface area (Å²) in [5, 5.41) is 0. The highest BCUT2D eigenvalue weighted by molar-refractivity contribution is 7.98. The van der Waals surface area contributed by atoms with Crippen molar-refractivity contribution in [3.8, 4) is 0 Å². The second-order valence-electron chi connectivity index (χ2n) is 4.80. The lowest BCUT2D eigenvalue weighted by Gasteiger charge is -2.25. The molecule has 0 amide bonds. The number of ketones is 1. The monoisotopic (exact) mass is 299 g/mol. The number of benzene rings is 1. The van der Waals surface area contributed by atoms with Crippen LogP contribution in [-0.4, -0.2) is 36.6 Å². The van der Waals surface area contributed by atoms with Crippen molar-refractivity contribution in [1.82, 2.24) is 4.90 Å². The Morgan fingerprint density at radius 1 is 1.16 bits per heavy atom. The minimum Gasteiger partial charge on any atom is -0.303 e. The molecule has 0 saturated carbocycles. The van der Waals surface area contributed by atoms with Crippen molar-refractivity contribution < 1.29 is 4.79 Å². The second-order valence-corrected chi connectivity index (χ2v) is 5.68. The predicted molar refractivity (Wildman–Crippen MR) is 84.7 cm³/mol. The quantitative estimate of drug-likeness (QED) is 0.608. The Labute approximate surface area is 126 Å². The third-order valence-electron chi connectivity index (χ3n) is 3.52. The molecule has 1 heterocycles. The number of carbonyl (C=O) groups is 1. The molecule has 0 bridgehead atoms. The van der Waals surface area contributed by atoms with Gasteiger partial charge in [-0.1, -0.05) is 18.6 Å². The van der Waals surface area contributed by atoms with Crippen molar-refractivity contribution in [2.75, 3.05) is 25.9 Å². The van der Waals surface area contributed by atoms with Gasteiger partial charge in [0.15, 0.2) is 5.78 Å². The van der Waals surface area contributed by atoms with Crippen LogP contribution in [0.5, 0.6) is 0 Å². The Kier molecular flexibility index (Phi) is 7.51. The van der Waals surface area contributed by atoms with Crippen LogP contribution in [0.3, 0.4) is 0 Å². The van der Waals surface area contributed by atoms with Crippen LogP contribution in [-0.2, 0) is 0 Å². The fourth-order valence-electron chi connectivity index (χ4n) is 2.36. The first kappa shape index (κ1) is 16.5. The number of thioether (sulfide) groups is 1. The summed E-state index contributed by atoms with van der Waals surface area (Å²) in [5.41, 5.74) is 0.852. The Bertz CT molecular complexity index is 388. The zero-order valence-electron chi connectivity index (χ0n) is 11.4. The molecule has 0 unspecified atom stereocenters. The molecule has 1 fully saturated rings. The van der Waals surface area contributed by atoms with Crippen LogP contribution in [0.1, 0.15) is 36.0 Å². The topological polar surface area (TPSA) is 20.3 Å². The summed E-state index contributed by atoms with van der Waals surface area (Å²) < 4.78 is 0. The maximum atomic E-state index is 12.1. The highest BCUT2D eigenvalue weighted by Crippen LogP contribution is 2.16. The molecule has 0 spiro atoms. The van der Waals surface area contributed by atoms with Crippen molar-refractivity contribution in [3.63, 3.8) is 0 Å². The van der Waals surface area contributed by atoms with Crippen LogP contribution in [0.25, 0.3) is 0 Å². The molecule has 0 N–H and O–H groups in total. The van der Waals surface area contributed by atoms with Gasteiger partial charge in [0, 0.05) is 23.4 Å². The Hall–Kier alpha value is -0.510. The van der Waals surface area contributed by atoms with Gasteiger partial charge in [0.05, 0.1) is 0 Å². The highest BCUT2D eigenvalue weighted by atomic mass is 35.5. The number of piperidine rings is 1. The average molecular weight is 300 g/mol. The Morgan fingerprint density at radius 3 is 2.37 bits per heavy atom. The van der Waals surface area contributed by atoms with Gasteiger partial charge in [0.2, 0.25) is 0 Å². The van der Waals surface area contributed by atoms with E-state index in [1.807, 2.05) is 30.5 Å². The average Bonchev–Trinajstić information content (AvgIpc) is 2.46. The van der Waals surface area contributed by atoms with E-state index in [2.05, 4.69) is 4.90 Å². The minimum atomic E-state index is 0. The van der Waals surface area contributed by atoms with Gasteiger partial charge in [0.25, 0.3) is 0 Å². The van der Waals surface area contributed by atoms with Crippen molar-refractivity contribution in [2.45, 2.75) is 30.6 Å². The standard InChI is InChI=1S/C15H21NOS.ClH/c1-18-14-7-5-13(6-8-14)15(17)9-12-16-10-3-2-4-11-16;/h5-8H,2-4,9-12H2,1H3;1H. The molecule has 0 aliphatic carbocycles. The first-order chi connectivity index (χ1) is 8.79. The largest absolute Gasteiger partial charge is 0.303 e. The summed E-state index contributed by atoms with van der Waals surface area (Å²) in [6.07, 6.45) is 6.62. The fraction of sp³-hybridized carbons (Fsp3) is 0.533. The van der Waals surface area contributed by atoms with E-state index in [4.69, 9.17) is 0 Å². The van der Waals surface area contributed by atoms with Crippen LogP contribution in [0, 0.1) is 0 Å². The van der Waals surface area contributed by atoms with Gasteiger partial charge < -0.3 is 4.90 Å². The number of Topliss-reactive ketones (excluding diaryl/α,β-unsaturated/α-hetero) is 1. The number of nitrogens with zero attached hydrogens (tertiary/aromatic N) is 1. The Morgan fingerprint density at radius 2 is 1.79 bits per heavy atom. The zero-order valence-corrected chi connectivity index (χ0v) is 13.1. The number of hydrogen-bond donors (Lipinski definition) is 0. The van der Waals surface area contributed by atoms with Gasteiger partial charge >= 0.3 is 0 Å².